The molecule has 1 aromatic rings. The van der Waals surface area contributed by atoms with Crippen LogP contribution in [0.2, 0.25) is 5.02 Å². The Bertz CT molecular complexity index is 1010. The number of likely N-dealkylation sites (tertiary alicyclic amines) is 2. The van der Waals surface area contributed by atoms with Crippen LogP contribution in [-0.4, -0.2) is 79.5 Å². The lowest BCUT2D eigenvalue weighted by atomic mass is 9.91. The molecule has 36 heavy (non-hydrogen) atoms. The van der Waals surface area contributed by atoms with Crippen molar-refractivity contribution in [2.24, 2.45) is 11.8 Å². The second-order valence-electron chi connectivity index (χ2n) is 11.2. The van der Waals surface area contributed by atoms with Gasteiger partial charge in [-0.05, 0) is 94.1 Å². The fourth-order valence-corrected chi connectivity index (χ4v) is 8.66. The maximum Gasteiger partial charge on any atom is 0.409 e. The fraction of sp³-hybridized carbons (Fsp3) is 0.741. The van der Waals surface area contributed by atoms with Crippen molar-refractivity contribution in [3.63, 3.8) is 0 Å². The van der Waals surface area contributed by atoms with Crippen LogP contribution in [0.1, 0.15) is 64.7 Å². The van der Waals surface area contributed by atoms with Crippen molar-refractivity contribution < 1.29 is 17.9 Å². The second-order valence-corrected chi connectivity index (χ2v) is 13.5. The van der Waals surface area contributed by atoms with E-state index < -0.39 is 10.0 Å². The minimum atomic E-state index is -3.72. The van der Waals surface area contributed by atoms with Crippen molar-refractivity contribution in [2.75, 3.05) is 32.8 Å². The Morgan fingerprint density at radius 2 is 1.67 bits per heavy atom. The van der Waals surface area contributed by atoms with Gasteiger partial charge in [0.1, 0.15) is 6.61 Å². The monoisotopic (exact) mass is 537 g/mol. The van der Waals surface area contributed by atoms with Crippen LogP contribution in [0.25, 0.3) is 0 Å². The van der Waals surface area contributed by atoms with E-state index in [1.165, 1.54) is 32.4 Å². The summed E-state index contributed by atoms with van der Waals surface area (Å²) in [5.74, 6) is 0.806. The first-order chi connectivity index (χ1) is 17.3. The van der Waals surface area contributed by atoms with E-state index in [1.54, 1.807) is 28.6 Å². The van der Waals surface area contributed by atoms with Crippen LogP contribution in [0, 0.1) is 11.8 Å². The summed E-state index contributed by atoms with van der Waals surface area (Å²) in [4.78, 5) is 17.8. The van der Waals surface area contributed by atoms with Crippen molar-refractivity contribution in [1.29, 1.82) is 0 Å². The van der Waals surface area contributed by atoms with Gasteiger partial charge in [0.25, 0.3) is 0 Å². The maximum atomic E-state index is 13.8. The Morgan fingerprint density at radius 1 is 0.944 bits per heavy atom. The van der Waals surface area contributed by atoms with Gasteiger partial charge >= 0.3 is 6.09 Å². The topological polar surface area (TPSA) is 70.2 Å². The Kier molecular flexibility index (Phi) is 8.15. The molecule has 0 radical (unpaired) electrons. The first-order valence-corrected chi connectivity index (χ1v) is 15.6. The zero-order chi connectivity index (χ0) is 25.3. The van der Waals surface area contributed by atoms with Gasteiger partial charge in [0.15, 0.2) is 0 Å². The van der Waals surface area contributed by atoms with Gasteiger partial charge in [-0.1, -0.05) is 31.4 Å². The third-order valence-electron chi connectivity index (χ3n) is 8.66. The fourth-order valence-electron chi connectivity index (χ4n) is 6.62. The van der Waals surface area contributed by atoms with Crippen molar-refractivity contribution in [2.45, 2.75) is 87.7 Å². The Balaban J connectivity index is 1.23. The van der Waals surface area contributed by atoms with Crippen LogP contribution in [0.3, 0.4) is 0 Å². The molecule has 0 aromatic heterocycles. The van der Waals surface area contributed by atoms with Gasteiger partial charge in [0, 0.05) is 30.2 Å². The molecule has 4 aliphatic rings. The Labute approximate surface area is 221 Å². The van der Waals surface area contributed by atoms with Crippen LogP contribution >= 0.6 is 11.6 Å². The molecule has 3 saturated heterocycles. The summed E-state index contributed by atoms with van der Waals surface area (Å²) in [6, 6.07) is 6.57. The molecule has 1 amide bonds. The molecule has 4 fully saturated rings. The second kappa shape index (κ2) is 11.2. The van der Waals surface area contributed by atoms with Gasteiger partial charge in [-0.25, -0.2) is 13.2 Å². The standard InChI is InChI=1S/C27H40ClN3O4S/c1-20-18-30(17-14-25(20)29-15-3-2-4-16-29)27(32)35-19-23-6-5-7-26(21-8-9-21)31(23)36(33,34)24-12-10-22(28)11-13-24/h10-13,20-21,23,25-26H,2-9,14-19H2,1H3/t20?,23?,25?,26-/m0/s1. The van der Waals surface area contributed by atoms with Crippen molar-refractivity contribution in [3.05, 3.63) is 29.3 Å². The van der Waals surface area contributed by atoms with Gasteiger partial charge in [-0.15, -0.1) is 0 Å². The summed E-state index contributed by atoms with van der Waals surface area (Å²) in [5, 5.41) is 0.509. The summed E-state index contributed by atoms with van der Waals surface area (Å²) < 4.78 is 35.0. The lowest BCUT2D eigenvalue weighted by molar-refractivity contribution is 0.0265. The van der Waals surface area contributed by atoms with Crippen LogP contribution < -0.4 is 0 Å². The third-order valence-corrected chi connectivity index (χ3v) is 10.9. The number of nitrogens with zero attached hydrogens (tertiary/aromatic N) is 3. The van der Waals surface area contributed by atoms with E-state index in [0.717, 1.165) is 32.1 Å². The zero-order valence-electron chi connectivity index (χ0n) is 21.4. The first-order valence-electron chi connectivity index (χ1n) is 13.8. The highest BCUT2D eigenvalue weighted by molar-refractivity contribution is 7.89. The largest absolute Gasteiger partial charge is 0.448 e. The number of benzene rings is 1. The van der Waals surface area contributed by atoms with Gasteiger partial charge in [-0.3, -0.25) is 4.90 Å². The Morgan fingerprint density at radius 3 is 2.33 bits per heavy atom. The van der Waals surface area contributed by atoms with Crippen LogP contribution in [0.4, 0.5) is 4.79 Å². The minimum absolute atomic E-state index is 0.0246. The van der Waals surface area contributed by atoms with Crippen LogP contribution in [0.15, 0.2) is 29.2 Å². The SMILES string of the molecule is CC1CN(C(=O)OCC2CCC[C@@H](C3CC3)N2S(=O)(=O)c2ccc(Cl)cc2)CCC1N1CCCCC1. The van der Waals surface area contributed by atoms with Crippen LogP contribution in [0.5, 0.6) is 0 Å². The van der Waals surface area contributed by atoms with E-state index in [2.05, 4.69) is 11.8 Å². The molecule has 0 spiro atoms. The molecule has 0 bridgehead atoms. The van der Waals surface area contributed by atoms with Gasteiger partial charge in [0.2, 0.25) is 10.0 Å². The quantitative estimate of drug-likeness (QED) is 0.511. The number of amides is 1. The molecule has 0 N–H and O–H groups in total. The number of carbonyl (C=O) groups excluding carboxylic acids is 1. The first kappa shape index (κ1) is 26.3. The van der Waals surface area contributed by atoms with E-state index >= 15 is 0 Å². The van der Waals surface area contributed by atoms with E-state index in [9.17, 15) is 13.2 Å². The summed E-state index contributed by atoms with van der Waals surface area (Å²) in [6.07, 6.45) is 9.18. The number of hydrogen-bond acceptors (Lipinski definition) is 5. The molecule has 9 heteroatoms. The molecular formula is C27H40ClN3O4S. The van der Waals surface area contributed by atoms with E-state index in [0.29, 0.717) is 42.4 Å². The number of rotatable bonds is 6. The average molecular weight is 538 g/mol. The molecule has 1 aliphatic carbocycles. The molecule has 1 saturated carbocycles. The number of piperidine rings is 3. The summed E-state index contributed by atoms with van der Waals surface area (Å²) in [6.45, 7) is 6.08. The number of halogens is 1. The summed E-state index contributed by atoms with van der Waals surface area (Å²) in [7, 11) is -3.72. The molecule has 7 nitrogen and oxygen atoms in total. The number of sulfonamides is 1. The lowest BCUT2D eigenvalue weighted by Crippen LogP contribution is -2.54. The van der Waals surface area contributed by atoms with Crippen LogP contribution in [-0.2, 0) is 14.8 Å². The van der Waals surface area contributed by atoms with Crippen molar-refractivity contribution in [3.8, 4) is 0 Å². The van der Waals surface area contributed by atoms with E-state index in [1.807, 2.05) is 4.90 Å². The number of hydrogen-bond donors (Lipinski definition) is 0. The third kappa shape index (κ3) is 5.71. The van der Waals surface area contributed by atoms with Crippen molar-refractivity contribution >= 4 is 27.7 Å². The Hall–Kier alpha value is -1.35. The molecule has 1 aromatic carbocycles. The van der Waals surface area contributed by atoms with E-state index in [4.69, 9.17) is 16.3 Å². The lowest BCUT2D eigenvalue weighted by Gasteiger charge is -2.44. The number of carbonyl (C=O) groups is 1. The van der Waals surface area contributed by atoms with Gasteiger partial charge in [0.05, 0.1) is 10.9 Å². The van der Waals surface area contributed by atoms with Gasteiger partial charge < -0.3 is 9.64 Å². The maximum absolute atomic E-state index is 13.8. The molecule has 3 heterocycles. The minimum Gasteiger partial charge on any atom is -0.448 e. The summed E-state index contributed by atoms with van der Waals surface area (Å²) >= 11 is 6.01. The zero-order valence-corrected chi connectivity index (χ0v) is 22.9. The highest BCUT2D eigenvalue weighted by Gasteiger charge is 2.46. The highest BCUT2D eigenvalue weighted by Crippen LogP contribution is 2.43. The molecule has 200 valence electrons. The molecule has 3 aliphatic heterocycles. The molecule has 5 rings (SSSR count). The average Bonchev–Trinajstić information content (AvgIpc) is 3.73. The molecule has 4 atom stereocenters. The smallest absolute Gasteiger partial charge is 0.409 e. The molecular weight excluding hydrogens is 498 g/mol. The van der Waals surface area contributed by atoms with Crippen molar-refractivity contribution in [1.82, 2.24) is 14.1 Å². The summed E-state index contributed by atoms with van der Waals surface area (Å²) in [5.41, 5.74) is 0. The molecule has 3 unspecified atom stereocenters. The number of ether oxygens (including phenoxy) is 1. The highest BCUT2D eigenvalue weighted by atomic mass is 35.5. The van der Waals surface area contributed by atoms with E-state index in [-0.39, 0.29) is 29.7 Å². The predicted octanol–water partition coefficient (Wildman–Crippen LogP) is 4.99. The van der Waals surface area contributed by atoms with Gasteiger partial charge in [-0.2, -0.15) is 4.31 Å². The predicted molar refractivity (Wildman–Crippen MR) is 141 cm³/mol. The normalized spacial score (nSPS) is 30.8.